The van der Waals surface area contributed by atoms with E-state index in [1.165, 1.54) is 54.6 Å². The van der Waals surface area contributed by atoms with Crippen molar-refractivity contribution in [2.75, 3.05) is 0 Å². The van der Waals surface area contributed by atoms with E-state index in [0.29, 0.717) is 5.82 Å². The highest BCUT2D eigenvalue weighted by Gasteiger charge is 2.18. The number of hydrogen-bond acceptors (Lipinski definition) is 3. The summed E-state index contributed by atoms with van der Waals surface area (Å²) in [6.07, 6.45) is 0. The van der Waals surface area contributed by atoms with Crippen molar-refractivity contribution in [2.24, 2.45) is 0 Å². The Morgan fingerprint density at radius 3 is 1.15 bits per heavy atom. The van der Waals surface area contributed by atoms with Crippen LogP contribution in [0.5, 0.6) is 0 Å². The molecule has 3 heteroatoms. The zero-order valence-electron chi connectivity index (χ0n) is 33.2. The lowest BCUT2D eigenvalue weighted by Crippen LogP contribution is -1.94. The van der Waals surface area contributed by atoms with E-state index < -0.39 is 0 Å². The lowest BCUT2D eigenvalue weighted by molar-refractivity contribution is 1.24. The Hall–Kier alpha value is -7.72. The van der Waals surface area contributed by atoms with E-state index in [1.54, 1.807) is 11.3 Å². The van der Waals surface area contributed by atoms with Crippen molar-refractivity contribution < 1.29 is 0 Å². The minimum Gasteiger partial charge on any atom is -0.227 e. The maximum atomic E-state index is 5.46. The Kier molecular flexibility index (Phi) is 9.42. The minimum absolute atomic E-state index is 0.713. The second-order valence-electron chi connectivity index (χ2n) is 15.4. The van der Waals surface area contributed by atoms with Gasteiger partial charge >= 0.3 is 0 Å². The van der Waals surface area contributed by atoms with Crippen molar-refractivity contribution in [1.29, 1.82) is 0 Å². The molecule has 0 spiro atoms. The van der Waals surface area contributed by atoms with Crippen molar-refractivity contribution in [2.45, 2.75) is 0 Å². The van der Waals surface area contributed by atoms with Gasteiger partial charge in [-0.3, -0.25) is 0 Å². The fourth-order valence-electron chi connectivity index (χ4n) is 8.42. The first-order valence-electron chi connectivity index (χ1n) is 20.6. The smallest absolute Gasteiger partial charge is 0.161 e. The van der Waals surface area contributed by atoms with Crippen LogP contribution in [0.25, 0.3) is 110 Å². The molecule has 0 saturated heterocycles. The standard InChI is InChI=1S/C58H38N2S/c1-4-16-39(17-5-1)42-22-12-23-43(32-42)44-24-13-25-45(33-44)46-26-15-29-49(35-46)57-59-56(55-53-30-10-11-31-54(53)61-58(55)60-57)48-28-14-27-47(34-48)52-37-50(40-18-6-2-7-19-40)36-51(38-52)41-20-8-3-9-21-41/h1-38H. The number of rotatable bonds is 8. The molecule has 0 aliphatic heterocycles. The second kappa shape index (κ2) is 15.8. The number of aromatic nitrogens is 2. The molecule has 0 aliphatic carbocycles. The monoisotopic (exact) mass is 794 g/mol. The Morgan fingerprint density at radius 1 is 0.262 bits per heavy atom. The molecule has 0 radical (unpaired) electrons. The van der Waals surface area contributed by atoms with Gasteiger partial charge in [-0.15, -0.1) is 11.3 Å². The first-order chi connectivity index (χ1) is 30.2. The van der Waals surface area contributed by atoms with Crippen molar-refractivity contribution in [3.8, 4) is 89.4 Å². The largest absolute Gasteiger partial charge is 0.227 e. The van der Waals surface area contributed by atoms with Crippen molar-refractivity contribution in [3.63, 3.8) is 0 Å². The molecule has 11 rings (SSSR count). The van der Waals surface area contributed by atoms with Gasteiger partial charge in [0.1, 0.15) is 4.83 Å². The van der Waals surface area contributed by atoms with Crippen LogP contribution < -0.4 is 0 Å². The van der Waals surface area contributed by atoms with Gasteiger partial charge in [0.25, 0.3) is 0 Å². The van der Waals surface area contributed by atoms with Crippen molar-refractivity contribution in [1.82, 2.24) is 9.97 Å². The Bertz CT molecular complexity index is 3290. The van der Waals surface area contributed by atoms with Crippen molar-refractivity contribution >= 4 is 31.6 Å². The van der Waals surface area contributed by atoms with Crippen LogP contribution >= 0.6 is 11.3 Å². The summed E-state index contributed by atoms with van der Waals surface area (Å²) in [6, 6.07) is 82.5. The predicted octanol–water partition coefficient (Wildman–Crippen LogP) is 16.2. The molecule has 2 aromatic heterocycles. The third-order valence-corrected chi connectivity index (χ3v) is 12.5. The highest BCUT2D eigenvalue weighted by atomic mass is 32.1. The fourth-order valence-corrected chi connectivity index (χ4v) is 9.50. The van der Waals surface area contributed by atoms with Gasteiger partial charge < -0.3 is 0 Å². The molecule has 11 aromatic rings. The van der Waals surface area contributed by atoms with Crippen LogP contribution in [0.15, 0.2) is 231 Å². The van der Waals surface area contributed by atoms with Crippen LogP contribution in [0.3, 0.4) is 0 Å². The summed E-state index contributed by atoms with van der Waals surface area (Å²) in [6.45, 7) is 0. The number of benzene rings is 9. The normalized spacial score (nSPS) is 11.3. The summed E-state index contributed by atoms with van der Waals surface area (Å²) >= 11 is 1.73. The van der Waals surface area contributed by atoms with E-state index >= 15 is 0 Å². The molecule has 0 unspecified atom stereocenters. The number of fused-ring (bicyclic) bond motifs is 3. The van der Waals surface area contributed by atoms with E-state index in [0.717, 1.165) is 49.3 Å². The quantitative estimate of drug-likeness (QED) is 0.153. The third kappa shape index (κ3) is 7.22. The van der Waals surface area contributed by atoms with Gasteiger partial charge in [0.2, 0.25) is 0 Å². The molecule has 0 bridgehead atoms. The average molecular weight is 795 g/mol. The molecule has 9 aromatic carbocycles. The summed E-state index contributed by atoms with van der Waals surface area (Å²) in [5.41, 5.74) is 17.1. The maximum Gasteiger partial charge on any atom is 0.161 e. The first kappa shape index (κ1) is 36.4. The van der Waals surface area contributed by atoms with E-state index in [-0.39, 0.29) is 0 Å². The summed E-state index contributed by atoms with van der Waals surface area (Å²) in [7, 11) is 0. The molecule has 0 atom stereocenters. The second-order valence-corrected chi connectivity index (χ2v) is 16.4. The van der Waals surface area contributed by atoms with E-state index in [4.69, 9.17) is 9.97 Å². The molecule has 0 N–H and O–H groups in total. The van der Waals surface area contributed by atoms with Crippen LogP contribution in [0.1, 0.15) is 0 Å². The highest BCUT2D eigenvalue weighted by molar-refractivity contribution is 7.25. The Morgan fingerprint density at radius 2 is 0.607 bits per heavy atom. The van der Waals surface area contributed by atoms with Gasteiger partial charge in [0.15, 0.2) is 5.82 Å². The lowest BCUT2D eigenvalue weighted by atomic mass is 9.92. The Balaban J connectivity index is 1.01. The molecule has 0 fully saturated rings. The van der Waals surface area contributed by atoms with E-state index in [1.807, 2.05) is 0 Å². The molecule has 0 amide bonds. The number of hydrogen-bond donors (Lipinski definition) is 0. The van der Waals surface area contributed by atoms with Crippen molar-refractivity contribution in [3.05, 3.63) is 231 Å². The minimum atomic E-state index is 0.713. The van der Waals surface area contributed by atoms with Crippen LogP contribution in [0, 0.1) is 0 Å². The maximum absolute atomic E-state index is 5.46. The molecule has 0 saturated carbocycles. The molecule has 286 valence electrons. The summed E-state index contributed by atoms with van der Waals surface area (Å²) < 4.78 is 1.20. The van der Waals surface area contributed by atoms with Gasteiger partial charge in [0.05, 0.1) is 5.69 Å². The van der Waals surface area contributed by atoms with Gasteiger partial charge in [-0.1, -0.05) is 182 Å². The van der Waals surface area contributed by atoms with E-state index in [9.17, 15) is 0 Å². The summed E-state index contributed by atoms with van der Waals surface area (Å²) in [4.78, 5) is 11.7. The van der Waals surface area contributed by atoms with Crippen LogP contribution in [-0.4, -0.2) is 9.97 Å². The zero-order valence-corrected chi connectivity index (χ0v) is 34.1. The molecular weight excluding hydrogens is 757 g/mol. The van der Waals surface area contributed by atoms with Gasteiger partial charge in [-0.05, 0) is 115 Å². The molecule has 2 nitrogen and oxygen atoms in total. The fraction of sp³-hybridized carbons (Fsp3) is 0. The molecular formula is C58H38N2S. The molecule has 0 aliphatic rings. The number of thiophene rings is 1. The first-order valence-corrected chi connectivity index (χ1v) is 21.4. The number of nitrogens with zero attached hydrogens (tertiary/aromatic N) is 2. The van der Waals surface area contributed by atoms with Gasteiger partial charge in [-0.25, -0.2) is 9.97 Å². The lowest BCUT2D eigenvalue weighted by Gasteiger charge is -2.13. The van der Waals surface area contributed by atoms with Gasteiger partial charge in [0, 0.05) is 26.6 Å². The third-order valence-electron chi connectivity index (χ3n) is 11.5. The molecule has 61 heavy (non-hydrogen) atoms. The summed E-state index contributed by atoms with van der Waals surface area (Å²) in [5, 5.41) is 2.26. The Labute approximate surface area is 359 Å². The predicted molar refractivity (Wildman–Crippen MR) is 258 cm³/mol. The summed E-state index contributed by atoms with van der Waals surface area (Å²) in [5.74, 6) is 0.713. The van der Waals surface area contributed by atoms with Gasteiger partial charge in [-0.2, -0.15) is 0 Å². The van der Waals surface area contributed by atoms with E-state index in [2.05, 4.69) is 231 Å². The van der Waals surface area contributed by atoms with Crippen LogP contribution in [0.4, 0.5) is 0 Å². The van der Waals surface area contributed by atoms with Crippen LogP contribution in [0.2, 0.25) is 0 Å². The zero-order chi connectivity index (χ0) is 40.5. The SMILES string of the molecule is c1ccc(-c2cccc(-c3cccc(-c4cccc(-c5nc(-c6cccc(-c7cc(-c8ccccc8)cc(-c8ccccc8)c7)c6)c6c(n5)sc5ccccc56)c4)c3)c2)cc1. The van der Waals surface area contributed by atoms with Crippen LogP contribution in [-0.2, 0) is 0 Å². The average Bonchev–Trinajstić information content (AvgIpc) is 3.73. The highest BCUT2D eigenvalue weighted by Crippen LogP contribution is 2.41. The molecule has 2 heterocycles. The topological polar surface area (TPSA) is 25.8 Å².